The molecule has 0 unspecified atom stereocenters. The van der Waals surface area contributed by atoms with Gasteiger partial charge >= 0.3 is 5.97 Å². The lowest BCUT2D eigenvalue weighted by Gasteiger charge is -2.08. The number of rotatable bonds is 1. The number of H-pyrrole nitrogens is 1. The van der Waals surface area contributed by atoms with Crippen LogP contribution in [0.1, 0.15) is 16.1 Å². The van der Waals surface area contributed by atoms with Crippen LogP contribution in [0.25, 0.3) is 10.9 Å². The maximum Gasteiger partial charge on any atom is 0.354 e. The van der Waals surface area contributed by atoms with Gasteiger partial charge in [0.2, 0.25) is 0 Å². The molecule has 1 N–H and O–H groups in total. The van der Waals surface area contributed by atoms with E-state index in [9.17, 15) is 9.59 Å². The number of nitrogens with one attached hydrogen (secondary N) is 1. The van der Waals surface area contributed by atoms with Gasteiger partial charge in [-0.05, 0) is 63.7 Å². The lowest BCUT2D eigenvalue weighted by molar-refractivity contribution is 0.0594. The van der Waals surface area contributed by atoms with Gasteiger partial charge in [-0.15, -0.1) is 0 Å². The van der Waals surface area contributed by atoms with Gasteiger partial charge < -0.3 is 9.72 Å². The van der Waals surface area contributed by atoms with E-state index in [1.54, 1.807) is 0 Å². The average Bonchev–Trinajstić information content (AvgIpc) is 2.36. The molecule has 0 amide bonds. The molecule has 0 fully saturated rings. The highest BCUT2D eigenvalue weighted by molar-refractivity contribution is 14.1. The minimum absolute atomic E-state index is 0.174. The number of aromatic amines is 1. The van der Waals surface area contributed by atoms with E-state index in [2.05, 4.69) is 54.9 Å². The molecule has 1 heterocycles. The number of fused-ring (bicyclic) bond motifs is 1. The number of hydrogen-bond donors (Lipinski definition) is 1. The van der Waals surface area contributed by atoms with Gasteiger partial charge in [-0.3, -0.25) is 4.79 Å². The van der Waals surface area contributed by atoms with Crippen molar-refractivity contribution in [2.45, 2.75) is 6.92 Å². The van der Waals surface area contributed by atoms with Crippen LogP contribution in [0.3, 0.4) is 0 Å². The second-order valence-electron chi connectivity index (χ2n) is 3.78. The first-order valence-corrected chi connectivity index (χ1v) is 7.21. The van der Waals surface area contributed by atoms with Crippen molar-refractivity contribution in [3.8, 4) is 0 Å². The summed E-state index contributed by atoms with van der Waals surface area (Å²) in [6, 6.07) is 3.11. The van der Waals surface area contributed by atoms with Gasteiger partial charge in [0.25, 0.3) is 0 Å². The molecule has 0 aliphatic carbocycles. The van der Waals surface area contributed by atoms with E-state index < -0.39 is 5.97 Å². The maximum absolute atomic E-state index is 12.0. The minimum atomic E-state index is -0.541. The van der Waals surface area contributed by atoms with Crippen LogP contribution in [-0.2, 0) is 4.74 Å². The Bertz CT molecular complexity index is 707. The Morgan fingerprint density at radius 2 is 1.94 bits per heavy atom. The summed E-state index contributed by atoms with van der Waals surface area (Å²) in [5.74, 6) is -0.541. The smallest absolute Gasteiger partial charge is 0.354 e. The predicted octanol–water partition coefficient (Wildman–Crippen LogP) is 2.83. The van der Waals surface area contributed by atoms with Crippen molar-refractivity contribution in [2.24, 2.45) is 0 Å². The summed E-state index contributed by atoms with van der Waals surface area (Å²) < 4.78 is 6.62. The molecule has 18 heavy (non-hydrogen) atoms. The monoisotopic (exact) mass is 469 g/mol. The first-order chi connectivity index (χ1) is 8.45. The molecule has 1 aromatic heterocycles. The van der Waals surface area contributed by atoms with E-state index in [0.717, 1.165) is 12.7 Å². The molecule has 0 spiro atoms. The van der Waals surface area contributed by atoms with Crippen molar-refractivity contribution in [1.29, 1.82) is 0 Å². The lowest BCUT2D eigenvalue weighted by Crippen LogP contribution is -2.12. The molecule has 0 atom stereocenters. The normalized spacial score (nSPS) is 10.7. The van der Waals surface area contributed by atoms with Gasteiger partial charge in [-0.25, -0.2) is 4.79 Å². The molecule has 6 heteroatoms. The Hall–Kier alpha value is -0.640. The first-order valence-electron chi connectivity index (χ1n) is 5.05. The highest BCUT2D eigenvalue weighted by Gasteiger charge is 2.14. The molecule has 1 aromatic carbocycles. The summed E-state index contributed by atoms with van der Waals surface area (Å²) in [5.41, 5.74) is 1.72. The molecule has 0 saturated carbocycles. The third-order valence-electron chi connectivity index (χ3n) is 2.59. The Morgan fingerprint density at radius 3 is 2.56 bits per heavy atom. The SMILES string of the molecule is COC(=O)c1cc(=O)c2cc(C)c(I)c(I)c2[nH]1. The van der Waals surface area contributed by atoms with Crippen LogP contribution in [0.15, 0.2) is 16.9 Å². The van der Waals surface area contributed by atoms with Crippen LogP contribution < -0.4 is 5.43 Å². The largest absolute Gasteiger partial charge is 0.464 e. The highest BCUT2D eigenvalue weighted by atomic mass is 127. The Balaban J connectivity index is 2.88. The molecule has 94 valence electrons. The van der Waals surface area contributed by atoms with Gasteiger partial charge in [0.05, 0.1) is 16.2 Å². The number of carbonyl (C=O) groups excluding carboxylic acids is 1. The Morgan fingerprint density at radius 1 is 1.28 bits per heavy atom. The lowest BCUT2D eigenvalue weighted by atomic mass is 10.1. The van der Waals surface area contributed by atoms with E-state index in [1.807, 2.05) is 13.0 Å². The summed E-state index contributed by atoms with van der Waals surface area (Å²) in [7, 11) is 1.29. The molecular weight excluding hydrogens is 460 g/mol. The number of aromatic nitrogens is 1. The second-order valence-corrected chi connectivity index (χ2v) is 5.94. The Labute approximate surface area is 130 Å². The molecule has 0 radical (unpaired) electrons. The quantitative estimate of drug-likeness (QED) is 0.517. The predicted molar refractivity (Wildman–Crippen MR) is 86.1 cm³/mol. The van der Waals surface area contributed by atoms with Crippen molar-refractivity contribution >= 4 is 62.1 Å². The molecule has 0 aliphatic heterocycles. The zero-order valence-electron chi connectivity index (χ0n) is 9.64. The summed E-state index contributed by atoms with van der Waals surface area (Å²) in [6.45, 7) is 1.96. The number of hydrogen-bond acceptors (Lipinski definition) is 3. The molecule has 0 saturated heterocycles. The van der Waals surface area contributed by atoms with Crippen molar-refractivity contribution in [1.82, 2.24) is 4.98 Å². The zero-order chi connectivity index (χ0) is 13.4. The number of pyridine rings is 1. The fourth-order valence-corrected chi connectivity index (χ4v) is 2.95. The van der Waals surface area contributed by atoms with Gasteiger partial charge in [0.1, 0.15) is 5.69 Å². The van der Waals surface area contributed by atoms with Crippen molar-refractivity contribution in [3.05, 3.63) is 40.8 Å². The van der Waals surface area contributed by atoms with E-state index >= 15 is 0 Å². The summed E-state index contributed by atoms with van der Waals surface area (Å²) >= 11 is 4.39. The van der Waals surface area contributed by atoms with E-state index in [1.165, 1.54) is 13.2 Å². The number of halogens is 2. The number of methoxy groups -OCH3 is 1. The average molecular weight is 469 g/mol. The second kappa shape index (κ2) is 5.16. The maximum atomic E-state index is 12.0. The summed E-state index contributed by atoms with van der Waals surface area (Å²) in [6.07, 6.45) is 0. The zero-order valence-corrected chi connectivity index (χ0v) is 14.0. The molecule has 0 aliphatic rings. The number of aryl methyl sites for hydroxylation is 1. The van der Waals surface area contributed by atoms with Crippen molar-refractivity contribution in [3.63, 3.8) is 0 Å². The van der Waals surface area contributed by atoms with E-state index in [-0.39, 0.29) is 11.1 Å². The van der Waals surface area contributed by atoms with Crippen LogP contribution in [-0.4, -0.2) is 18.1 Å². The fourth-order valence-electron chi connectivity index (χ4n) is 1.67. The van der Waals surface area contributed by atoms with Gasteiger partial charge in [-0.1, -0.05) is 0 Å². The molecular formula is C12H9I2NO3. The van der Waals surface area contributed by atoms with Crippen LogP contribution in [0, 0.1) is 14.1 Å². The van der Waals surface area contributed by atoms with Gasteiger partial charge in [0, 0.05) is 15.0 Å². The number of ether oxygens (including phenoxy) is 1. The number of carbonyl (C=O) groups is 1. The van der Waals surface area contributed by atoms with Crippen molar-refractivity contribution in [2.75, 3.05) is 7.11 Å². The molecule has 0 bridgehead atoms. The highest BCUT2D eigenvalue weighted by Crippen LogP contribution is 2.25. The third-order valence-corrected chi connectivity index (χ3v) is 6.10. The van der Waals surface area contributed by atoms with Crippen LogP contribution in [0.4, 0.5) is 0 Å². The molecule has 2 aromatic rings. The van der Waals surface area contributed by atoms with Crippen LogP contribution in [0.2, 0.25) is 0 Å². The van der Waals surface area contributed by atoms with Crippen LogP contribution in [0.5, 0.6) is 0 Å². The number of esters is 1. The van der Waals surface area contributed by atoms with Crippen molar-refractivity contribution < 1.29 is 9.53 Å². The standard InChI is InChI=1S/C12H9I2NO3/c1-5-3-6-8(16)4-7(12(17)18-2)15-11(6)10(14)9(5)13/h3-4H,1-2H3,(H,15,16). The summed E-state index contributed by atoms with van der Waals surface area (Å²) in [4.78, 5) is 26.4. The summed E-state index contributed by atoms with van der Waals surface area (Å²) in [5, 5.41) is 0.588. The number of benzene rings is 1. The fraction of sp³-hybridized carbons (Fsp3) is 0.167. The Kier molecular flexibility index (Phi) is 3.95. The van der Waals surface area contributed by atoms with E-state index in [0.29, 0.717) is 10.9 Å². The molecule has 4 nitrogen and oxygen atoms in total. The van der Waals surface area contributed by atoms with Crippen LogP contribution >= 0.6 is 45.2 Å². The first kappa shape index (κ1) is 13.8. The van der Waals surface area contributed by atoms with Gasteiger partial charge in [-0.2, -0.15) is 0 Å². The third kappa shape index (κ3) is 2.27. The topological polar surface area (TPSA) is 59.2 Å². The minimum Gasteiger partial charge on any atom is -0.464 e. The van der Waals surface area contributed by atoms with Gasteiger partial charge in [0.15, 0.2) is 5.43 Å². The molecule has 2 rings (SSSR count). The van der Waals surface area contributed by atoms with E-state index in [4.69, 9.17) is 0 Å².